The van der Waals surface area contributed by atoms with Gasteiger partial charge in [-0.3, -0.25) is 4.79 Å². The summed E-state index contributed by atoms with van der Waals surface area (Å²) >= 11 is 0. The Bertz CT molecular complexity index is 44.9. The van der Waals surface area contributed by atoms with Gasteiger partial charge < -0.3 is 10.7 Å². The summed E-state index contributed by atoms with van der Waals surface area (Å²) in [6.45, 7) is 0. The number of urea groups is 1. The molecule has 0 bridgehead atoms. The van der Waals surface area contributed by atoms with Crippen LogP contribution in [0.3, 0.4) is 0 Å². The van der Waals surface area contributed by atoms with Crippen LogP contribution in [0.4, 0.5) is 4.79 Å². The van der Waals surface area contributed by atoms with Crippen molar-refractivity contribution >= 4 is 16.4 Å². The average Bonchev–Trinajstić information content (AvgIpc) is 1.38. The number of carbonyl (C=O) groups excluding carboxylic acids is 1. The van der Waals surface area contributed by atoms with E-state index in [4.69, 9.17) is 0 Å². The Morgan fingerprint density at radius 3 is 2.20 bits per heavy atom. The summed E-state index contributed by atoms with van der Waals surface area (Å²) < 4.78 is 0. The van der Waals surface area contributed by atoms with Crippen LogP contribution in [0.1, 0.15) is 0 Å². The highest BCUT2D eigenvalue weighted by Gasteiger charge is 1.72. The molecular formula is CH5N2OSi. The van der Waals surface area contributed by atoms with Gasteiger partial charge in [0.05, 0.1) is 0 Å². The van der Waals surface area contributed by atoms with Crippen molar-refractivity contribution < 1.29 is 4.79 Å². The molecule has 0 aromatic rings. The van der Waals surface area contributed by atoms with Crippen molar-refractivity contribution in [3.63, 3.8) is 0 Å². The molecule has 0 fully saturated rings. The van der Waals surface area contributed by atoms with Crippen LogP contribution in [0.2, 0.25) is 0 Å². The SMILES string of the molecule is NC(=O)N[SiH2]. The lowest BCUT2D eigenvalue weighted by atomic mass is 11.2. The van der Waals surface area contributed by atoms with Crippen LogP contribution in [0, 0.1) is 0 Å². The van der Waals surface area contributed by atoms with Crippen LogP contribution in [0.15, 0.2) is 0 Å². The molecule has 0 saturated heterocycles. The van der Waals surface area contributed by atoms with Gasteiger partial charge in [-0.05, 0) is 0 Å². The number of carbonyl (C=O) groups is 1. The van der Waals surface area contributed by atoms with E-state index in [9.17, 15) is 4.79 Å². The predicted octanol–water partition coefficient (Wildman–Crippen LogP) is -1.80. The standard InChI is InChI=1S/CH5N2OSi/c2-1(4)3-5/h5H2,(H3,2,3,4). The topological polar surface area (TPSA) is 55.1 Å². The number of hydrogen-bond donors (Lipinski definition) is 2. The molecule has 29 valence electrons. The first kappa shape index (κ1) is 4.49. The van der Waals surface area contributed by atoms with Gasteiger partial charge in [-0.2, -0.15) is 0 Å². The molecule has 3 N–H and O–H groups in total. The van der Waals surface area contributed by atoms with E-state index in [-0.39, 0.29) is 0 Å². The third-order valence-electron chi connectivity index (χ3n) is 0.174. The van der Waals surface area contributed by atoms with E-state index in [0.717, 1.165) is 0 Å². The normalized spacial score (nSPS) is 6.60. The molecule has 0 atom stereocenters. The third-order valence-corrected chi connectivity index (χ3v) is 0.523. The molecular weight excluding hydrogens is 84.1 g/mol. The molecule has 0 aliphatic rings. The van der Waals surface area contributed by atoms with E-state index in [1.54, 1.807) is 0 Å². The molecule has 0 aromatic carbocycles. The zero-order chi connectivity index (χ0) is 4.28. The summed E-state index contributed by atoms with van der Waals surface area (Å²) in [6, 6.07) is -0.483. The first-order valence-corrected chi connectivity index (χ1v) is 1.80. The lowest BCUT2D eigenvalue weighted by Crippen LogP contribution is -2.26. The summed E-state index contributed by atoms with van der Waals surface area (Å²) in [5.74, 6) is 0. The first-order valence-electron chi connectivity index (χ1n) is 1.10. The number of hydrogen-bond acceptors (Lipinski definition) is 1. The molecule has 4 heteroatoms. The van der Waals surface area contributed by atoms with Crippen molar-refractivity contribution in [1.82, 2.24) is 4.98 Å². The summed E-state index contributed by atoms with van der Waals surface area (Å²) in [5, 5.41) is 0. The van der Waals surface area contributed by atoms with Crippen LogP contribution in [-0.2, 0) is 0 Å². The number of amides is 2. The van der Waals surface area contributed by atoms with Crippen molar-refractivity contribution in [2.75, 3.05) is 0 Å². The Kier molecular flexibility index (Phi) is 1.59. The third kappa shape index (κ3) is 3.49. The van der Waals surface area contributed by atoms with E-state index in [0.29, 0.717) is 0 Å². The largest absolute Gasteiger partial charge is 0.371 e. The fourth-order valence-electron chi connectivity index (χ4n) is 0. The fourth-order valence-corrected chi connectivity index (χ4v) is 0. The van der Waals surface area contributed by atoms with Crippen LogP contribution in [0.25, 0.3) is 0 Å². The Hall–Kier alpha value is -0.513. The number of nitrogens with two attached hydrogens (primary N) is 1. The van der Waals surface area contributed by atoms with Gasteiger partial charge in [0.25, 0.3) is 0 Å². The second kappa shape index (κ2) is 1.77. The summed E-state index contributed by atoms with van der Waals surface area (Å²) in [6.07, 6.45) is 0. The van der Waals surface area contributed by atoms with Crippen molar-refractivity contribution in [3.8, 4) is 0 Å². The highest BCUT2D eigenvalue weighted by molar-refractivity contribution is 6.13. The molecule has 2 amide bonds. The molecule has 0 rings (SSSR count). The zero-order valence-electron chi connectivity index (χ0n) is 2.69. The van der Waals surface area contributed by atoms with Crippen molar-refractivity contribution in [1.29, 1.82) is 0 Å². The first-order chi connectivity index (χ1) is 2.27. The zero-order valence-corrected chi connectivity index (χ0v) is 4.11. The predicted molar refractivity (Wildman–Crippen MR) is 21.3 cm³/mol. The smallest absolute Gasteiger partial charge is 0.303 e. The second-order valence-electron chi connectivity index (χ2n) is 0.541. The van der Waals surface area contributed by atoms with Crippen molar-refractivity contribution in [2.45, 2.75) is 0 Å². The van der Waals surface area contributed by atoms with E-state index in [1.165, 1.54) is 10.4 Å². The minimum atomic E-state index is -0.483. The quantitative estimate of drug-likeness (QED) is 0.338. The van der Waals surface area contributed by atoms with Gasteiger partial charge in [-0.25, -0.2) is 0 Å². The average molecular weight is 89.2 g/mol. The summed E-state index contributed by atoms with van der Waals surface area (Å²) in [5.41, 5.74) is 4.55. The summed E-state index contributed by atoms with van der Waals surface area (Å²) in [7, 11) is 1.31. The monoisotopic (exact) mass is 89.0 g/mol. The Labute approximate surface area is 33.0 Å². The van der Waals surface area contributed by atoms with E-state index in [1.807, 2.05) is 0 Å². The van der Waals surface area contributed by atoms with E-state index < -0.39 is 6.03 Å². The van der Waals surface area contributed by atoms with Gasteiger partial charge in [0.15, 0.2) is 0 Å². The van der Waals surface area contributed by atoms with Crippen LogP contribution in [0.5, 0.6) is 0 Å². The molecule has 0 aliphatic heterocycles. The lowest BCUT2D eigenvalue weighted by Gasteiger charge is -1.80. The molecule has 0 aromatic heterocycles. The number of nitrogens with one attached hydrogen (secondary N) is 1. The molecule has 0 aliphatic carbocycles. The molecule has 3 nitrogen and oxygen atoms in total. The molecule has 0 saturated carbocycles. The van der Waals surface area contributed by atoms with Gasteiger partial charge in [-0.1, -0.05) is 0 Å². The minimum Gasteiger partial charge on any atom is -0.371 e. The Morgan fingerprint density at radius 1 is 2.00 bits per heavy atom. The van der Waals surface area contributed by atoms with Crippen molar-refractivity contribution in [2.24, 2.45) is 5.73 Å². The molecule has 5 heavy (non-hydrogen) atoms. The number of rotatable bonds is 0. The Morgan fingerprint density at radius 2 is 2.20 bits per heavy atom. The Balaban J connectivity index is 2.85. The molecule has 0 heterocycles. The molecule has 1 radical (unpaired) electrons. The molecule has 0 unspecified atom stereocenters. The van der Waals surface area contributed by atoms with Gasteiger partial charge in [0, 0.05) is 0 Å². The van der Waals surface area contributed by atoms with Crippen LogP contribution >= 0.6 is 0 Å². The summed E-state index contributed by atoms with van der Waals surface area (Å²) in [4.78, 5) is 11.7. The van der Waals surface area contributed by atoms with E-state index in [2.05, 4.69) is 10.7 Å². The van der Waals surface area contributed by atoms with Crippen LogP contribution in [-0.4, -0.2) is 16.4 Å². The van der Waals surface area contributed by atoms with Gasteiger partial charge in [0.2, 0.25) is 0 Å². The molecule has 0 spiro atoms. The maximum atomic E-state index is 9.49. The van der Waals surface area contributed by atoms with Gasteiger partial charge >= 0.3 is 6.03 Å². The highest BCUT2D eigenvalue weighted by atomic mass is 28.2. The van der Waals surface area contributed by atoms with Gasteiger partial charge in [0.1, 0.15) is 10.4 Å². The van der Waals surface area contributed by atoms with Gasteiger partial charge in [-0.15, -0.1) is 0 Å². The number of primary amides is 1. The second-order valence-corrected chi connectivity index (χ2v) is 0.895. The van der Waals surface area contributed by atoms with E-state index >= 15 is 0 Å². The minimum absolute atomic E-state index is 0.483. The fraction of sp³-hybridized carbons (Fsp3) is 0. The highest BCUT2D eigenvalue weighted by Crippen LogP contribution is 1.37. The van der Waals surface area contributed by atoms with Crippen LogP contribution < -0.4 is 10.7 Å². The maximum absolute atomic E-state index is 9.49. The van der Waals surface area contributed by atoms with Crippen molar-refractivity contribution in [3.05, 3.63) is 0 Å². The maximum Gasteiger partial charge on any atom is 0.303 e. The lowest BCUT2D eigenvalue weighted by molar-refractivity contribution is 0.254.